The van der Waals surface area contributed by atoms with Crippen molar-refractivity contribution in [2.45, 2.75) is 58.0 Å². The summed E-state index contributed by atoms with van der Waals surface area (Å²) in [7, 11) is 0. The summed E-state index contributed by atoms with van der Waals surface area (Å²) in [5.41, 5.74) is 2.64. The number of nitrogens with zero attached hydrogens (tertiary/aromatic N) is 1. The number of nitrogens with one attached hydrogen (secondary N) is 2. The van der Waals surface area contributed by atoms with Crippen LogP contribution in [0, 0.1) is 19.8 Å². The van der Waals surface area contributed by atoms with Crippen LogP contribution in [-0.2, 0) is 9.59 Å². The maximum Gasteiger partial charge on any atom is 0.325 e. The van der Waals surface area contributed by atoms with E-state index in [0.29, 0.717) is 18.0 Å². The number of urea groups is 1. The molecule has 7 heteroatoms. The van der Waals surface area contributed by atoms with E-state index in [0.717, 1.165) is 36.8 Å². The fraction of sp³-hybridized carbons (Fsp3) is 0.550. The highest BCUT2D eigenvalue weighted by atomic mass is 16.4. The molecule has 1 saturated heterocycles. The molecule has 1 heterocycles. The van der Waals surface area contributed by atoms with E-state index in [-0.39, 0.29) is 12.6 Å². The molecule has 3 N–H and O–H groups in total. The van der Waals surface area contributed by atoms with Gasteiger partial charge >= 0.3 is 12.0 Å². The highest BCUT2D eigenvalue weighted by Gasteiger charge is 2.45. The molecule has 3 unspecified atom stereocenters. The molecule has 2 fully saturated rings. The van der Waals surface area contributed by atoms with E-state index < -0.39 is 23.9 Å². The third-order valence-corrected chi connectivity index (χ3v) is 5.94. The Morgan fingerprint density at radius 2 is 1.93 bits per heavy atom. The molecule has 3 rings (SSSR count). The summed E-state index contributed by atoms with van der Waals surface area (Å²) in [5, 5.41) is 14.5. The summed E-state index contributed by atoms with van der Waals surface area (Å²) in [4.78, 5) is 38.0. The maximum absolute atomic E-state index is 12.4. The van der Waals surface area contributed by atoms with Crippen LogP contribution in [0.1, 0.15) is 43.2 Å². The molecule has 1 aliphatic carbocycles. The number of aryl methyl sites for hydroxylation is 1. The SMILES string of the molecule is Cc1cccc(NC(=O)NC(=O)CN2C(C(=O)O)CC3CCCCC32)c1C. The maximum atomic E-state index is 12.4. The van der Waals surface area contributed by atoms with Crippen molar-refractivity contribution in [3.8, 4) is 0 Å². The summed E-state index contributed by atoms with van der Waals surface area (Å²) in [6.07, 6.45) is 4.68. The van der Waals surface area contributed by atoms with Crippen LogP contribution in [0.25, 0.3) is 0 Å². The smallest absolute Gasteiger partial charge is 0.325 e. The van der Waals surface area contributed by atoms with Gasteiger partial charge in [-0.25, -0.2) is 4.79 Å². The second kappa shape index (κ2) is 8.08. The van der Waals surface area contributed by atoms with Gasteiger partial charge in [-0.05, 0) is 56.2 Å². The van der Waals surface area contributed by atoms with Crippen LogP contribution in [0.4, 0.5) is 10.5 Å². The number of aliphatic carboxylic acids is 1. The Kier molecular flexibility index (Phi) is 5.79. The molecule has 1 aromatic rings. The number of hydrogen-bond donors (Lipinski definition) is 3. The van der Waals surface area contributed by atoms with Gasteiger partial charge in [0.05, 0.1) is 6.54 Å². The van der Waals surface area contributed by atoms with E-state index in [1.807, 2.05) is 26.0 Å². The van der Waals surface area contributed by atoms with Crippen molar-refractivity contribution >= 4 is 23.6 Å². The molecule has 0 bridgehead atoms. The first-order chi connectivity index (χ1) is 12.9. The second-order valence-electron chi connectivity index (χ2n) is 7.62. The Bertz CT molecular complexity index is 749. The molecule has 1 aromatic carbocycles. The van der Waals surface area contributed by atoms with Crippen molar-refractivity contribution in [3.63, 3.8) is 0 Å². The van der Waals surface area contributed by atoms with Crippen LogP contribution in [0.15, 0.2) is 18.2 Å². The lowest BCUT2D eigenvalue weighted by Crippen LogP contribution is -2.49. The number of amides is 3. The van der Waals surface area contributed by atoms with Crippen LogP contribution in [0.2, 0.25) is 0 Å². The van der Waals surface area contributed by atoms with Gasteiger partial charge in [-0.3, -0.25) is 19.8 Å². The molecule has 7 nitrogen and oxygen atoms in total. The van der Waals surface area contributed by atoms with Gasteiger partial charge in [0.15, 0.2) is 0 Å². The topological polar surface area (TPSA) is 98.7 Å². The molecule has 2 aliphatic rings. The normalized spacial score (nSPS) is 24.9. The minimum Gasteiger partial charge on any atom is -0.480 e. The van der Waals surface area contributed by atoms with E-state index in [4.69, 9.17) is 0 Å². The molecule has 1 aliphatic heterocycles. The molecule has 0 radical (unpaired) electrons. The Morgan fingerprint density at radius 1 is 1.19 bits per heavy atom. The lowest BCUT2D eigenvalue weighted by Gasteiger charge is -2.32. The van der Waals surface area contributed by atoms with Crippen molar-refractivity contribution in [1.29, 1.82) is 0 Å². The van der Waals surface area contributed by atoms with E-state index in [1.54, 1.807) is 11.0 Å². The molecular weight excluding hydrogens is 346 g/mol. The first-order valence-corrected chi connectivity index (χ1v) is 9.52. The van der Waals surface area contributed by atoms with Crippen molar-refractivity contribution in [2.24, 2.45) is 5.92 Å². The average molecular weight is 373 g/mol. The van der Waals surface area contributed by atoms with Gasteiger partial charge < -0.3 is 10.4 Å². The monoisotopic (exact) mass is 373 g/mol. The van der Waals surface area contributed by atoms with Gasteiger partial charge in [0.2, 0.25) is 5.91 Å². The predicted octanol–water partition coefficient (Wildman–Crippen LogP) is 2.67. The highest BCUT2D eigenvalue weighted by molar-refractivity contribution is 6.02. The number of anilines is 1. The fourth-order valence-electron chi connectivity index (χ4n) is 4.40. The van der Waals surface area contributed by atoms with E-state index >= 15 is 0 Å². The van der Waals surface area contributed by atoms with Gasteiger partial charge in [-0.15, -0.1) is 0 Å². The minimum absolute atomic E-state index is 0.0711. The summed E-state index contributed by atoms with van der Waals surface area (Å²) >= 11 is 0. The number of carboxylic acids is 1. The van der Waals surface area contributed by atoms with Gasteiger partial charge in [0.25, 0.3) is 0 Å². The fourth-order valence-corrected chi connectivity index (χ4v) is 4.40. The van der Waals surface area contributed by atoms with Gasteiger partial charge in [-0.1, -0.05) is 25.0 Å². The quantitative estimate of drug-likeness (QED) is 0.754. The number of rotatable bonds is 4. The lowest BCUT2D eigenvalue weighted by atomic mass is 9.85. The summed E-state index contributed by atoms with van der Waals surface area (Å²) in [5.74, 6) is -1.04. The number of likely N-dealkylation sites (tertiary alicyclic amines) is 1. The van der Waals surface area contributed by atoms with Gasteiger partial charge in [0.1, 0.15) is 6.04 Å². The Labute approximate surface area is 159 Å². The van der Waals surface area contributed by atoms with E-state index in [1.165, 1.54) is 0 Å². The second-order valence-corrected chi connectivity index (χ2v) is 7.62. The van der Waals surface area contributed by atoms with Crippen molar-refractivity contribution in [2.75, 3.05) is 11.9 Å². The largest absolute Gasteiger partial charge is 0.480 e. The molecule has 3 amide bonds. The van der Waals surface area contributed by atoms with E-state index in [9.17, 15) is 19.5 Å². The summed E-state index contributed by atoms with van der Waals surface area (Å²) in [6, 6.07) is 4.44. The molecule has 27 heavy (non-hydrogen) atoms. The first-order valence-electron chi connectivity index (χ1n) is 9.52. The van der Waals surface area contributed by atoms with Gasteiger partial charge in [-0.2, -0.15) is 0 Å². The van der Waals surface area contributed by atoms with Crippen molar-refractivity contribution in [1.82, 2.24) is 10.2 Å². The minimum atomic E-state index is -0.892. The zero-order valence-corrected chi connectivity index (χ0v) is 15.8. The molecule has 1 saturated carbocycles. The standard InChI is InChI=1S/C20H27N3O4/c1-12-6-5-8-15(13(12)2)21-20(27)22-18(24)11-23-16-9-4-3-7-14(16)10-17(23)19(25)26/h5-6,8,14,16-17H,3-4,7,9-11H2,1-2H3,(H,25,26)(H2,21,22,24,27). The molecule has 0 spiro atoms. The third-order valence-electron chi connectivity index (χ3n) is 5.94. The molecule has 0 aromatic heterocycles. The molecular formula is C20H27N3O4. The van der Waals surface area contributed by atoms with Crippen LogP contribution in [-0.4, -0.2) is 46.5 Å². The molecule has 146 valence electrons. The number of carboxylic acid groups (broad SMARTS) is 1. The van der Waals surface area contributed by atoms with Crippen LogP contribution in [0.5, 0.6) is 0 Å². The lowest BCUT2D eigenvalue weighted by molar-refractivity contribution is -0.143. The van der Waals surface area contributed by atoms with Crippen LogP contribution in [0.3, 0.4) is 0 Å². The number of imide groups is 1. The van der Waals surface area contributed by atoms with Crippen molar-refractivity contribution < 1.29 is 19.5 Å². The number of fused-ring (bicyclic) bond motifs is 1. The van der Waals surface area contributed by atoms with Crippen LogP contribution >= 0.6 is 0 Å². The van der Waals surface area contributed by atoms with Gasteiger partial charge in [0, 0.05) is 11.7 Å². The predicted molar refractivity (Wildman–Crippen MR) is 102 cm³/mol. The Hall–Kier alpha value is -2.41. The number of hydrogen-bond acceptors (Lipinski definition) is 4. The Morgan fingerprint density at radius 3 is 2.67 bits per heavy atom. The number of carbonyl (C=O) groups is 3. The van der Waals surface area contributed by atoms with E-state index in [2.05, 4.69) is 10.6 Å². The zero-order chi connectivity index (χ0) is 19.6. The summed E-state index contributed by atoms with van der Waals surface area (Å²) in [6.45, 7) is 3.78. The third kappa shape index (κ3) is 4.30. The molecule has 3 atom stereocenters. The van der Waals surface area contributed by atoms with Crippen molar-refractivity contribution in [3.05, 3.63) is 29.3 Å². The number of carbonyl (C=O) groups excluding carboxylic acids is 2. The summed E-state index contributed by atoms with van der Waals surface area (Å²) < 4.78 is 0. The highest BCUT2D eigenvalue weighted by Crippen LogP contribution is 2.39. The Balaban J connectivity index is 1.61. The zero-order valence-electron chi connectivity index (χ0n) is 15.8. The average Bonchev–Trinajstić information content (AvgIpc) is 2.98. The number of benzene rings is 1. The first kappa shape index (κ1) is 19.4. The van der Waals surface area contributed by atoms with Crippen LogP contribution < -0.4 is 10.6 Å².